The quantitative estimate of drug-likeness (QED) is 0.772. The average molecular weight is 344 g/mol. The van der Waals surface area contributed by atoms with Crippen LogP contribution in [0.25, 0.3) is 10.9 Å². The predicted octanol–water partition coefficient (Wildman–Crippen LogP) is 2.30. The Balaban J connectivity index is 2.13. The van der Waals surface area contributed by atoms with E-state index in [-0.39, 0.29) is 17.7 Å². The van der Waals surface area contributed by atoms with Crippen molar-refractivity contribution >= 4 is 28.4 Å². The van der Waals surface area contributed by atoms with Gasteiger partial charge >= 0.3 is 0 Å². The summed E-state index contributed by atoms with van der Waals surface area (Å²) in [6.07, 6.45) is 1.92. The molecule has 2 amide bonds. The number of carbonyl (C=O) groups is 2. The maximum Gasteiger partial charge on any atom is 0.242 e. The summed E-state index contributed by atoms with van der Waals surface area (Å²) in [4.78, 5) is 26.3. The normalized spacial score (nSPS) is 12.2. The van der Waals surface area contributed by atoms with Crippen molar-refractivity contribution in [3.8, 4) is 0 Å². The predicted molar refractivity (Wildman–Crippen MR) is 102 cm³/mol. The van der Waals surface area contributed by atoms with Gasteiger partial charge in [-0.3, -0.25) is 9.59 Å². The molecule has 0 saturated carbocycles. The van der Waals surface area contributed by atoms with Crippen LogP contribution in [0.3, 0.4) is 0 Å². The van der Waals surface area contributed by atoms with Crippen molar-refractivity contribution in [3.63, 3.8) is 0 Å². The summed E-state index contributed by atoms with van der Waals surface area (Å²) >= 11 is 0. The minimum atomic E-state index is -0.100. The highest BCUT2D eigenvalue weighted by Gasteiger charge is 2.14. The van der Waals surface area contributed by atoms with E-state index >= 15 is 0 Å². The van der Waals surface area contributed by atoms with E-state index in [1.165, 1.54) is 0 Å². The van der Waals surface area contributed by atoms with Gasteiger partial charge in [0.25, 0.3) is 0 Å². The van der Waals surface area contributed by atoms with E-state index in [1.54, 1.807) is 0 Å². The van der Waals surface area contributed by atoms with Gasteiger partial charge in [0.2, 0.25) is 11.8 Å². The third-order valence-electron chi connectivity index (χ3n) is 4.42. The lowest BCUT2D eigenvalue weighted by Gasteiger charge is -2.19. The smallest absolute Gasteiger partial charge is 0.242 e. The van der Waals surface area contributed by atoms with Crippen molar-refractivity contribution in [1.29, 1.82) is 0 Å². The first kappa shape index (κ1) is 19.0. The standard InChI is InChI=1S/C19H28N4O2/c1-5-22(6-2)18(24)13-23-10-9-15-11-16(7-8-17(15)23)21-19(25)14(3)12-20-4/h7-11,14,20H,5-6,12-13H2,1-4H3,(H,21,25). The lowest BCUT2D eigenvalue weighted by molar-refractivity contribution is -0.131. The number of fused-ring (bicyclic) bond motifs is 1. The maximum atomic E-state index is 12.3. The molecule has 136 valence electrons. The summed E-state index contributed by atoms with van der Waals surface area (Å²) in [5.74, 6) is 0.00241. The summed E-state index contributed by atoms with van der Waals surface area (Å²) in [7, 11) is 1.83. The molecule has 2 rings (SSSR count). The van der Waals surface area contributed by atoms with Crippen molar-refractivity contribution in [2.45, 2.75) is 27.3 Å². The molecule has 2 N–H and O–H groups in total. The number of rotatable bonds is 8. The van der Waals surface area contributed by atoms with Gasteiger partial charge in [-0.25, -0.2) is 0 Å². The Morgan fingerprint density at radius 1 is 1.20 bits per heavy atom. The minimum absolute atomic E-state index is 0.00940. The van der Waals surface area contributed by atoms with Crippen LogP contribution in [0.4, 0.5) is 5.69 Å². The SMILES string of the molecule is CCN(CC)C(=O)Cn1ccc2cc(NC(=O)C(C)CNC)ccc21. The van der Waals surface area contributed by atoms with Gasteiger partial charge in [0.1, 0.15) is 6.54 Å². The van der Waals surface area contributed by atoms with E-state index in [0.717, 1.165) is 29.7 Å². The highest BCUT2D eigenvalue weighted by molar-refractivity contribution is 5.95. The fourth-order valence-electron chi connectivity index (χ4n) is 2.90. The van der Waals surface area contributed by atoms with Gasteiger partial charge in [-0.05, 0) is 45.2 Å². The van der Waals surface area contributed by atoms with Gasteiger partial charge in [0.15, 0.2) is 0 Å². The van der Waals surface area contributed by atoms with Gasteiger partial charge < -0.3 is 20.1 Å². The summed E-state index contributed by atoms with van der Waals surface area (Å²) in [5.41, 5.74) is 1.76. The number of likely N-dealkylation sites (N-methyl/N-ethyl adjacent to an activating group) is 1. The van der Waals surface area contributed by atoms with Crippen LogP contribution in [-0.2, 0) is 16.1 Å². The summed E-state index contributed by atoms with van der Waals surface area (Å²) in [6, 6.07) is 7.74. The molecule has 1 unspecified atom stereocenters. The van der Waals surface area contributed by atoms with Crippen LogP contribution in [0.2, 0.25) is 0 Å². The van der Waals surface area contributed by atoms with E-state index in [4.69, 9.17) is 0 Å². The van der Waals surface area contributed by atoms with Crippen LogP contribution in [0.5, 0.6) is 0 Å². The van der Waals surface area contributed by atoms with Gasteiger partial charge in [0.05, 0.1) is 0 Å². The molecule has 0 aliphatic rings. The molecule has 2 aromatic rings. The lowest BCUT2D eigenvalue weighted by Crippen LogP contribution is -2.33. The van der Waals surface area contributed by atoms with Crippen LogP contribution in [0.15, 0.2) is 30.5 Å². The maximum absolute atomic E-state index is 12.3. The average Bonchev–Trinajstić information content (AvgIpc) is 2.98. The molecule has 0 aliphatic heterocycles. The minimum Gasteiger partial charge on any atom is -0.342 e. The summed E-state index contributed by atoms with van der Waals surface area (Å²) < 4.78 is 1.95. The summed E-state index contributed by atoms with van der Waals surface area (Å²) in [6.45, 7) is 8.26. The molecule has 1 aromatic heterocycles. The third kappa shape index (κ3) is 4.60. The number of carbonyl (C=O) groups excluding carboxylic acids is 2. The van der Waals surface area contributed by atoms with E-state index in [9.17, 15) is 9.59 Å². The molecule has 0 radical (unpaired) electrons. The van der Waals surface area contributed by atoms with Crippen LogP contribution in [0.1, 0.15) is 20.8 Å². The van der Waals surface area contributed by atoms with Crippen LogP contribution >= 0.6 is 0 Å². The Kier molecular flexibility index (Phi) is 6.58. The molecule has 0 fully saturated rings. The highest BCUT2D eigenvalue weighted by atomic mass is 16.2. The van der Waals surface area contributed by atoms with Crippen LogP contribution in [0, 0.1) is 5.92 Å². The third-order valence-corrected chi connectivity index (χ3v) is 4.42. The van der Waals surface area contributed by atoms with Crippen LogP contribution in [-0.4, -0.2) is 48.0 Å². The van der Waals surface area contributed by atoms with E-state index in [1.807, 2.05) is 67.7 Å². The number of hydrogen-bond donors (Lipinski definition) is 2. The Labute approximate surface area is 149 Å². The topological polar surface area (TPSA) is 66.4 Å². The van der Waals surface area contributed by atoms with Crippen molar-refractivity contribution in [1.82, 2.24) is 14.8 Å². The van der Waals surface area contributed by atoms with E-state index < -0.39 is 0 Å². The Hall–Kier alpha value is -2.34. The van der Waals surface area contributed by atoms with Gasteiger partial charge in [-0.15, -0.1) is 0 Å². The van der Waals surface area contributed by atoms with Crippen molar-refractivity contribution in [2.24, 2.45) is 5.92 Å². The van der Waals surface area contributed by atoms with E-state index in [0.29, 0.717) is 13.1 Å². The molecular weight excluding hydrogens is 316 g/mol. The second-order valence-corrected chi connectivity index (χ2v) is 6.23. The first-order chi connectivity index (χ1) is 12.0. The number of benzene rings is 1. The number of nitrogens with zero attached hydrogens (tertiary/aromatic N) is 2. The fourth-order valence-corrected chi connectivity index (χ4v) is 2.90. The first-order valence-electron chi connectivity index (χ1n) is 8.82. The lowest BCUT2D eigenvalue weighted by atomic mass is 10.1. The van der Waals surface area contributed by atoms with Gasteiger partial charge in [-0.1, -0.05) is 6.92 Å². The number of amides is 2. The van der Waals surface area contributed by atoms with Crippen molar-refractivity contribution in [3.05, 3.63) is 30.5 Å². The number of hydrogen-bond acceptors (Lipinski definition) is 3. The van der Waals surface area contributed by atoms with E-state index in [2.05, 4.69) is 10.6 Å². The van der Waals surface area contributed by atoms with Crippen molar-refractivity contribution < 1.29 is 9.59 Å². The largest absolute Gasteiger partial charge is 0.342 e. The zero-order chi connectivity index (χ0) is 18.4. The van der Waals surface area contributed by atoms with Gasteiger partial charge in [0, 0.05) is 48.3 Å². The molecule has 1 heterocycles. The second-order valence-electron chi connectivity index (χ2n) is 6.23. The molecule has 1 aromatic carbocycles. The summed E-state index contributed by atoms with van der Waals surface area (Å²) in [5, 5.41) is 6.95. The van der Waals surface area contributed by atoms with Gasteiger partial charge in [-0.2, -0.15) is 0 Å². The zero-order valence-corrected chi connectivity index (χ0v) is 15.5. The molecule has 25 heavy (non-hydrogen) atoms. The fraction of sp³-hybridized carbons (Fsp3) is 0.474. The monoisotopic (exact) mass is 344 g/mol. The number of aromatic nitrogens is 1. The molecule has 1 atom stereocenters. The van der Waals surface area contributed by atoms with Crippen LogP contribution < -0.4 is 10.6 Å². The highest BCUT2D eigenvalue weighted by Crippen LogP contribution is 2.21. The Morgan fingerprint density at radius 3 is 2.56 bits per heavy atom. The number of anilines is 1. The zero-order valence-electron chi connectivity index (χ0n) is 15.5. The first-order valence-corrected chi connectivity index (χ1v) is 8.82. The molecule has 6 heteroatoms. The number of nitrogens with one attached hydrogen (secondary N) is 2. The Morgan fingerprint density at radius 2 is 1.92 bits per heavy atom. The molecule has 0 bridgehead atoms. The molecule has 0 saturated heterocycles. The molecule has 0 spiro atoms. The molecular formula is C19H28N4O2. The van der Waals surface area contributed by atoms with Crippen molar-refractivity contribution in [2.75, 3.05) is 32.0 Å². The second kappa shape index (κ2) is 8.67. The Bertz CT molecular complexity index is 734. The molecule has 6 nitrogen and oxygen atoms in total. The molecule has 0 aliphatic carbocycles.